The van der Waals surface area contributed by atoms with Gasteiger partial charge in [-0.3, -0.25) is 4.79 Å². The van der Waals surface area contributed by atoms with E-state index in [1.54, 1.807) is 18.2 Å². The molecular weight excluding hydrogens is 362 g/mol. The Morgan fingerprint density at radius 2 is 1.96 bits per heavy atom. The van der Waals surface area contributed by atoms with E-state index in [4.69, 9.17) is 9.47 Å². The van der Waals surface area contributed by atoms with Crippen molar-refractivity contribution < 1.29 is 24.2 Å². The molecule has 2 heterocycles. The van der Waals surface area contributed by atoms with Crippen LogP contribution in [0.2, 0.25) is 0 Å². The van der Waals surface area contributed by atoms with Gasteiger partial charge in [0.15, 0.2) is 11.5 Å². The number of thiophene rings is 1. The minimum absolute atomic E-state index is 0.304. The Morgan fingerprint density at radius 1 is 1.20 bits per heavy atom. The third kappa shape index (κ3) is 3.32. The number of amides is 1. The Labute approximate surface area is 153 Å². The maximum absolute atomic E-state index is 13.1. The molecule has 1 fully saturated rings. The molecule has 8 heteroatoms. The van der Waals surface area contributed by atoms with Gasteiger partial charge in [-0.25, -0.2) is 4.79 Å². The smallest absolute Gasteiger partial charge is 0.327 e. The summed E-state index contributed by atoms with van der Waals surface area (Å²) in [4.78, 5) is 27.1. The maximum Gasteiger partial charge on any atom is 0.327 e. The van der Waals surface area contributed by atoms with Crippen LogP contribution >= 0.6 is 23.1 Å². The number of benzene rings is 1. The fourth-order valence-electron chi connectivity index (χ4n) is 2.71. The number of carboxylic acids is 1. The van der Waals surface area contributed by atoms with Crippen LogP contribution in [0.25, 0.3) is 0 Å². The summed E-state index contributed by atoms with van der Waals surface area (Å²) in [6.45, 7) is 0. The van der Waals surface area contributed by atoms with Gasteiger partial charge < -0.3 is 19.5 Å². The van der Waals surface area contributed by atoms with E-state index in [-0.39, 0.29) is 11.3 Å². The van der Waals surface area contributed by atoms with Crippen LogP contribution < -0.4 is 9.47 Å². The summed E-state index contributed by atoms with van der Waals surface area (Å²) >= 11 is 2.98. The number of hydrogen-bond acceptors (Lipinski definition) is 6. The Bertz CT molecular complexity index is 777. The number of nitrogens with zero attached hydrogens (tertiary/aromatic N) is 1. The molecule has 0 radical (unpaired) electrons. The molecule has 3 rings (SSSR count). The molecule has 0 saturated carbocycles. The average molecular weight is 379 g/mol. The SMILES string of the molecule is COc1ccc(C(=O)N2C(C(=O)O)CSC2c2cccs2)cc1OC. The van der Waals surface area contributed by atoms with Crippen molar-refractivity contribution in [1.82, 2.24) is 4.90 Å². The zero-order valence-corrected chi connectivity index (χ0v) is 15.3. The normalized spacial score (nSPS) is 19.7. The summed E-state index contributed by atoms with van der Waals surface area (Å²) < 4.78 is 10.4. The first-order valence-corrected chi connectivity index (χ1v) is 9.42. The minimum Gasteiger partial charge on any atom is -0.493 e. The Balaban J connectivity index is 1.98. The molecule has 2 aromatic rings. The molecule has 2 unspecified atom stereocenters. The van der Waals surface area contributed by atoms with Gasteiger partial charge in [0.25, 0.3) is 5.91 Å². The van der Waals surface area contributed by atoms with E-state index in [1.807, 2.05) is 17.5 Å². The summed E-state index contributed by atoms with van der Waals surface area (Å²) in [5, 5.41) is 11.1. The van der Waals surface area contributed by atoms with E-state index in [9.17, 15) is 14.7 Å². The van der Waals surface area contributed by atoms with Crippen LogP contribution in [-0.4, -0.2) is 47.9 Å². The number of ether oxygens (including phenoxy) is 2. The number of carboxylic acid groups (broad SMARTS) is 1. The van der Waals surface area contributed by atoms with Crippen molar-refractivity contribution in [1.29, 1.82) is 0 Å². The topological polar surface area (TPSA) is 76.1 Å². The van der Waals surface area contributed by atoms with E-state index in [1.165, 1.54) is 42.2 Å². The Morgan fingerprint density at radius 3 is 2.56 bits per heavy atom. The van der Waals surface area contributed by atoms with Crippen LogP contribution in [-0.2, 0) is 4.79 Å². The Hall–Kier alpha value is -2.19. The van der Waals surface area contributed by atoms with Crippen LogP contribution in [0.4, 0.5) is 0 Å². The highest BCUT2D eigenvalue weighted by Gasteiger charge is 2.43. The second-order valence-corrected chi connectivity index (χ2v) is 7.43. The lowest BCUT2D eigenvalue weighted by molar-refractivity contribution is -0.141. The molecule has 1 aromatic carbocycles. The molecule has 1 N–H and O–H groups in total. The number of carbonyl (C=O) groups excluding carboxylic acids is 1. The van der Waals surface area contributed by atoms with Crippen LogP contribution in [0.3, 0.4) is 0 Å². The largest absolute Gasteiger partial charge is 0.493 e. The highest BCUT2D eigenvalue weighted by Crippen LogP contribution is 2.44. The maximum atomic E-state index is 13.1. The van der Waals surface area contributed by atoms with Gasteiger partial charge in [-0.1, -0.05) is 6.07 Å². The highest BCUT2D eigenvalue weighted by atomic mass is 32.2. The highest BCUT2D eigenvalue weighted by molar-refractivity contribution is 7.99. The summed E-state index contributed by atoms with van der Waals surface area (Å²) in [7, 11) is 3.01. The average Bonchev–Trinajstić information content (AvgIpc) is 3.29. The van der Waals surface area contributed by atoms with Gasteiger partial charge in [-0.15, -0.1) is 23.1 Å². The van der Waals surface area contributed by atoms with Crippen molar-refractivity contribution in [2.45, 2.75) is 11.4 Å². The third-order valence-corrected chi connectivity index (χ3v) is 6.32. The van der Waals surface area contributed by atoms with Crippen LogP contribution in [0.5, 0.6) is 11.5 Å². The molecule has 1 aliphatic heterocycles. The fraction of sp³-hybridized carbons (Fsp3) is 0.294. The van der Waals surface area contributed by atoms with Gasteiger partial charge in [0.1, 0.15) is 11.4 Å². The molecule has 0 spiro atoms. The summed E-state index contributed by atoms with van der Waals surface area (Å²) in [6, 6.07) is 7.80. The van der Waals surface area contributed by atoms with Crippen molar-refractivity contribution in [3.05, 3.63) is 46.2 Å². The lowest BCUT2D eigenvalue weighted by Gasteiger charge is -2.27. The monoisotopic (exact) mass is 379 g/mol. The number of carbonyl (C=O) groups is 2. The zero-order valence-electron chi connectivity index (χ0n) is 13.7. The van der Waals surface area contributed by atoms with Crippen molar-refractivity contribution in [3.8, 4) is 11.5 Å². The van der Waals surface area contributed by atoms with E-state index in [0.717, 1.165) is 4.88 Å². The summed E-state index contributed by atoms with van der Waals surface area (Å²) in [6.07, 6.45) is 0. The second kappa shape index (κ2) is 7.37. The second-order valence-electron chi connectivity index (χ2n) is 5.34. The molecule has 1 aromatic heterocycles. The molecule has 1 amide bonds. The standard InChI is InChI=1S/C17H17NO5S2/c1-22-12-6-5-10(8-13(12)23-2)15(19)18-11(17(20)21)9-25-16(18)14-4-3-7-24-14/h3-8,11,16H,9H2,1-2H3,(H,20,21). The van der Waals surface area contributed by atoms with Gasteiger partial charge in [0.05, 0.1) is 14.2 Å². The third-order valence-electron chi connectivity index (χ3n) is 3.94. The van der Waals surface area contributed by atoms with Crippen molar-refractivity contribution in [3.63, 3.8) is 0 Å². The van der Waals surface area contributed by atoms with E-state index >= 15 is 0 Å². The predicted octanol–water partition coefficient (Wildman–Crippen LogP) is 3.11. The van der Waals surface area contributed by atoms with Crippen LogP contribution in [0, 0.1) is 0 Å². The number of aliphatic carboxylic acids is 1. The number of thioether (sulfide) groups is 1. The van der Waals surface area contributed by atoms with E-state index < -0.39 is 12.0 Å². The molecule has 2 atom stereocenters. The molecule has 1 aliphatic rings. The van der Waals surface area contributed by atoms with Gasteiger partial charge in [0.2, 0.25) is 0 Å². The zero-order chi connectivity index (χ0) is 18.0. The van der Waals surface area contributed by atoms with Gasteiger partial charge in [-0.2, -0.15) is 0 Å². The summed E-state index contributed by atoms with van der Waals surface area (Å²) in [5.41, 5.74) is 0.368. The molecule has 1 saturated heterocycles. The van der Waals surface area contributed by atoms with Crippen molar-refractivity contribution in [2.75, 3.05) is 20.0 Å². The van der Waals surface area contributed by atoms with Gasteiger partial charge >= 0.3 is 5.97 Å². The first-order chi connectivity index (χ1) is 12.1. The fourth-order valence-corrected chi connectivity index (χ4v) is 5.10. The molecule has 25 heavy (non-hydrogen) atoms. The molecule has 132 valence electrons. The van der Waals surface area contributed by atoms with Crippen LogP contribution in [0.15, 0.2) is 35.7 Å². The first kappa shape index (κ1) is 17.6. The molecule has 6 nitrogen and oxygen atoms in total. The number of methoxy groups -OCH3 is 2. The Kier molecular flexibility index (Phi) is 5.19. The quantitative estimate of drug-likeness (QED) is 0.860. The van der Waals surface area contributed by atoms with Crippen LogP contribution in [0.1, 0.15) is 20.6 Å². The minimum atomic E-state index is -1.000. The van der Waals surface area contributed by atoms with Crippen molar-refractivity contribution in [2.24, 2.45) is 0 Å². The molecule has 0 aliphatic carbocycles. The number of rotatable bonds is 5. The lowest BCUT2D eigenvalue weighted by atomic mass is 10.1. The lowest BCUT2D eigenvalue weighted by Crippen LogP contribution is -2.42. The first-order valence-electron chi connectivity index (χ1n) is 7.49. The number of hydrogen-bond donors (Lipinski definition) is 1. The van der Waals surface area contributed by atoms with Gasteiger partial charge in [0, 0.05) is 16.2 Å². The predicted molar refractivity (Wildman–Crippen MR) is 96.7 cm³/mol. The molecule has 0 bridgehead atoms. The van der Waals surface area contributed by atoms with E-state index in [0.29, 0.717) is 22.8 Å². The molecular formula is C17H17NO5S2. The van der Waals surface area contributed by atoms with E-state index in [2.05, 4.69) is 0 Å². The van der Waals surface area contributed by atoms with Gasteiger partial charge in [-0.05, 0) is 29.6 Å². The summed E-state index contributed by atoms with van der Waals surface area (Å²) in [5.74, 6) is -0.0342. The van der Waals surface area contributed by atoms with Crippen molar-refractivity contribution >= 4 is 35.0 Å².